The summed E-state index contributed by atoms with van der Waals surface area (Å²) in [5, 5.41) is 9.83. The summed E-state index contributed by atoms with van der Waals surface area (Å²) >= 11 is 8.72. The molecule has 0 aliphatic heterocycles. The van der Waals surface area contributed by atoms with Crippen molar-refractivity contribution in [2.45, 2.75) is 32.7 Å². The van der Waals surface area contributed by atoms with E-state index in [1.54, 1.807) is 18.8 Å². The molecule has 7 nitrogen and oxygen atoms in total. The largest absolute Gasteiger partial charge is 0.493 e. The van der Waals surface area contributed by atoms with Crippen LogP contribution in [-0.4, -0.2) is 41.4 Å². The molecule has 142 valence electrons. The summed E-state index contributed by atoms with van der Waals surface area (Å²) in [7, 11) is 3.19. The van der Waals surface area contributed by atoms with Gasteiger partial charge >= 0.3 is 0 Å². The topological polar surface area (TPSA) is 81.2 Å². The summed E-state index contributed by atoms with van der Waals surface area (Å²) in [4.78, 5) is 12.2. The third-order valence-corrected chi connectivity index (χ3v) is 4.93. The number of halogens is 1. The third-order valence-electron chi connectivity index (χ3n) is 3.88. The predicted molar refractivity (Wildman–Crippen MR) is 105 cm³/mol. The maximum absolute atomic E-state index is 12.2. The van der Waals surface area contributed by atoms with Gasteiger partial charge in [-0.25, -0.2) is 0 Å². The Morgan fingerprint density at radius 3 is 2.65 bits per heavy atom. The monoisotopic (exact) mass is 442 g/mol. The smallest absolute Gasteiger partial charge is 0.240 e. The van der Waals surface area contributed by atoms with Gasteiger partial charge in [-0.2, -0.15) is 5.10 Å². The van der Waals surface area contributed by atoms with Crippen LogP contribution in [0.4, 0.5) is 0 Å². The highest BCUT2D eigenvalue weighted by Crippen LogP contribution is 2.33. The normalized spacial score (nSPS) is 10.6. The van der Waals surface area contributed by atoms with E-state index in [4.69, 9.17) is 21.7 Å². The van der Waals surface area contributed by atoms with Crippen LogP contribution >= 0.6 is 28.1 Å². The van der Waals surface area contributed by atoms with E-state index in [2.05, 4.69) is 38.4 Å². The zero-order chi connectivity index (χ0) is 19.1. The van der Waals surface area contributed by atoms with Crippen molar-refractivity contribution in [3.05, 3.63) is 32.8 Å². The number of aromatic nitrogens is 3. The number of aryl methyl sites for hydroxylation is 1. The molecule has 0 fully saturated rings. The first-order valence-electron chi connectivity index (χ1n) is 8.31. The van der Waals surface area contributed by atoms with Crippen molar-refractivity contribution in [3.8, 4) is 11.5 Å². The quantitative estimate of drug-likeness (QED) is 0.583. The molecule has 2 N–H and O–H groups in total. The Morgan fingerprint density at radius 1 is 1.31 bits per heavy atom. The molecule has 0 spiro atoms. The number of aromatic amines is 1. The Balaban J connectivity index is 1.95. The zero-order valence-electron chi connectivity index (χ0n) is 15.1. The Morgan fingerprint density at radius 2 is 2.00 bits per heavy atom. The van der Waals surface area contributed by atoms with Gasteiger partial charge in [0.1, 0.15) is 12.4 Å². The van der Waals surface area contributed by atoms with Gasteiger partial charge in [0.2, 0.25) is 5.91 Å². The van der Waals surface area contributed by atoms with E-state index in [-0.39, 0.29) is 12.5 Å². The van der Waals surface area contributed by atoms with Gasteiger partial charge in [0.25, 0.3) is 0 Å². The first-order valence-corrected chi connectivity index (χ1v) is 9.51. The number of benzene rings is 1. The van der Waals surface area contributed by atoms with Gasteiger partial charge in [-0.1, -0.05) is 22.9 Å². The lowest BCUT2D eigenvalue weighted by Gasteiger charge is -2.12. The molecule has 26 heavy (non-hydrogen) atoms. The van der Waals surface area contributed by atoms with Crippen molar-refractivity contribution in [1.82, 2.24) is 20.1 Å². The van der Waals surface area contributed by atoms with Gasteiger partial charge in [-0.05, 0) is 42.8 Å². The number of methoxy groups -OCH3 is 2. The Labute approximate surface area is 166 Å². The Kier molecular flexibility index (Phi) is 7.65. The lowest BCUT2D eigenvalue weighted by Crippen LogP contribution is -2.30. The van der Waals surface area contributed by atoms with Gasteiger partial charge in [-0.3, -0.25) is 14.5 Å². The standard InChI is InChI=1S/C17H23BrN4O3S/c1-4-5-15-20-21-17(26)22(15)10-16(23)19-7-6-11-8-13(24-2)14(25-3)9-12(11)18/h8-9H,4-7,10H2,1-3H3,(H,19,23)(H,21,26). The second-order valence-electron chi connectivity index (χ2n) is 5.68. The van der Waals surface area contributed by atoms with Gasteiger partial charge in [0.05, 0.1) is 14.2 Å². The minimum Gasteiger partial charge on any atom is -0.493 e. The molecule has 1 aromatic carbocycles. The maximum Gasteiger partial charge on any atom is 0.240 e. The van der Waals surface area contributed by atoms with Crippen LogP contribution in [0.25, 0.3) is 0 Å². The molecule has 0 aliphatic rings. The van der Waals surface area contributed by atoms with E-state index in [9.17, 15) is 4.79 Å². The van der Waals surface area contributed by atoms with E-state index >= 15 is 0 Å². The van der Waals surface area contributed by atoms with Gasteiger partial charge in [0.15, 0.2) is 16.3 Å². The fourth-order valence-electron chi connectivity index (χ4n) is 2.55. The van der Waals surface area contributed by atoms with E-state index < -0.39 is 0 Å². The lowest BCUT2D eigenvalue weighted by molar-refractivity contribution is -0.121. The van der Waals surface area contributed by atoms with Gasteiger partial charge in [0, 0.05) is 17.4 Å². The van der Waals surface area contributed by atoms with Gasteiger partial charge in [-0.15, -0.1) is 0 Å². The molecule has 1 aromatic heterocycles. The molecule has 0 bridgehead atoms. The van der Waals surface area contributed by atoms with E-state index in [0.29, 0.717) is 29.2 Å². The van der Waals surface area contributed by atoms with Crippen molar-refractivity contribution in [2.24, 2.45) is 0 Å². The fraction of sp³-hybridized carbons (Fsp3) is 0.471. The van der Waals surface area contributed by atoms with Crippen molar-refractivity contribution >= 4 is 34.1 Å². The van der Waals surface area contributed by atoms with Crippen LogP contribution in [0.1, 0.15) is 24.7 Å². The molecule has 0 aliphatic carbocycles. The summed E-state index contributed by atoms with van der Waals surface area (Å²) in [6.45, 7) is 2.72. The predicted octanol–water partition coefficient (Wildman–Crippen LogP) is 3.03. The minimum absolute atomic E-state index is 0.101. The summed E-state index contributed by atoms with van der Waals surface area (Å²) in [5.41, 5.74) is 1.02. The Bertz CT molecular complexity index is 819. The molecule has 0 saturated carbocycles. The molecule has 2 aromatic rings. The van der Waals surface area contributed by atoms with E-state index in [0.717, 1.165) is 28.7 Å². The minimum atomic E-state index is -0.101. The number of nitrogens with one attached hydrogen (secondary N) is 2. The Hall–Kier alpha value is -1.87. The zero-order valence-corrected chi connectivity index (χ0v) is 17.5. The highest BCUT2D eigenvalue weighted by molar-refractivity contribution is 9.10. The number of carbonyl (C=O) groups excluding carboxylic acids is 1. The number of carbonyl (C=O) groups is 1. The summed E-state index contributed by atoms with van der Waals surface area (Å²) in [6.07, 6.45) is 2.37. The second kappa shape index (κ2) is 9.72. The second-order valence-corrected chi connectivity index (χ2v) is 6.92. The van der Waals surface area contributed by atoms with Crippen LogP contribution in [0.2, 0.25) is 0 Å². The maximum atomic E-state index is 12.2. The van der Waals surface area contributed by atoms with Gasteiger partial charge < -0.3 is 14.8 Å². The number of H-pyrrole nitrogens is 1. The molecule has 9 heteroatoms. The van der Waals surface area contributed by atoms with E-state index in [1.807, 2.05) is 12.1 Å². The van der Waals surface area contributed by atoms with Crippen LogP contribution in [0.5, 0.6) is 11.5 Å². The summed E-state index contributed by atoms with van der Waals surface area (Å²) in [5.74, 6) is 2.02. The molecule has 2 rings (SSSR count). The average Bonchev–Trinajstić information content (AvgIpc) is 2.96. The lowest BCUT2D eigenvalue weighted by atomic mass is 10.1. The fourth-order valence-corrected chi connectivity index (χ4v) is 3.29. The number of amides is 1. The number of hydrogen-bond acceptors (Lipinski definition) is 5. The number of ether oxygens (including phenoxy) is 2. The molecule has 0 radical (unpaired) electrons. The average molecular weight is 443 g/mol. The van der Waals surface area contributed by atoms with Crippen LogP contribution in [-0.2, 0) is 24.2 Å². The first-order chi connectivity index (χ1) is 12.5. The van der Waals surface area contributed by atoms with Crippen LogP contribution in [0.15, 0.2) is 16.6 Å². The molecule has 0 unspecified atom stereocenters. The van der Waals surface area contributed by atoms with Crippen molar-refractivity contribution < 1.29 is 14.3 Å². The number of nitrogens with zero attached hydrogens (tertiary/aromatic N) is 2. The van der Waals surface area contributed by atoms with Crippen molar-refractivity contribution in [1.29, 1.82) is 0 Å². The molecule has 0 atom stereocenters. The highest BCUT2D eigenvalue weighted by atomic mass is 79.9. The van der Waals surface area contributed by atoms with Crippen LogP contribution in [0, 0.1) is 4.77 Å². The molecule has 1 heterocycles. The van der Waals surface area contributed by atoms with Crippen LogP contribution < -0.4 is 14.8 Å². The molecule has 0 saturated heterocycles. The van der Waals surface area contributed by atoms with Crippen LogP contribution in [0.3, 0.4) is 0 Å². The summed E-state index contributed by atoms with van der Waals surface area (Å²) < 4.78 is 13.7. The molecular weight excluding hydrogens is 420 g/mol. The SMILES string of the molecule is CCCc1n[nH]c(=S)n1CC(=O)NCCc1cc(OC)c(OC)cc1Br. The summed E-state index contributed by atoms with van der Waals surface area (Å²) in [6, 6.07) is 3.76. The molecule has 1 amide bonds. The van der Waals surface area contributed by atoms with E-state index in [1.165, 1.54) is 0 Å². The third kappa shape index (κ3) is 5.07. The number of hydrogen-bond donors (Lipinski definition) is 2. The highest BCUT2D eigenvalue weighted by Gasteiger charge is 2.12. The van der Waals surface area contributed by atoms with Crippen molar-refractivity contribution in [3.63, 3.8) is 0 Å². The van der Waals surface area contributed by atoms with Crippen molar-refractivity contribution in [2.75, 3.05) is 20.8 Å². The molecular formula is C17H23BrN4O3S. The number of rotatable bonds is 9. The first kappa shape index (κ1) is 20.4.